The number of halogens is 3. The zero-order valence-corrected chi connectivity index (χ0v) is 16.7. The van der Waals surface area contributed by atoms with Gasteiger partial charge in [-0.2, -0.15) is 13.2 Å². The van der Waals surface area contributed by atoms with E-state index in [1.54, 1.807) is 14.0 Å². The van der Waals surface area contributed by atoms with Gasteiger partial charge in [-0.25, -0.2) is 4.98 Å². The predicted molar refractivity (Wildman–Crippen MR) is 106 cm³/mol. The minimum atomic E-state index is -4.38. The Morgan fingerprint density at radius 2 is 1.69 bits per heavy atom. The smallest absolute Gasteiger partial charge is 0.380 e. The SMILES string of the molecule is COCc1ccc(CNC(=O)c2sc(-c3ccc(C(F)(F)F)cc3)nc2C)cc1. The van der Waals surface area contributed by atoms with E-state index in [1.165, 1.54) is 12.1 Å². The summed E-state index contributed by atoms with van der Waals surface area (Å²) in [5.41, 5.74) is 2.35. The van der Waals surface area contributed by atoms with Crippen LogP contribution in [-0.4, -0.2) is 18.0 Å². The Labute approximate surface area is 170 Å². The first-order valence-electron chi connectivity index (χ1n) is 8.78. The zero-order chi connectivity index (χ0) is 21.0. The maximum absolute atomic E-state index is 12.7. The van der Waals surface area contributed by atoms with Crippen LogP contribution in [0.4, 0.5) is 13.2 Å². The lowest BCUT2D eigenvalue weighted by atomic mass is 10.1. The van der Waals surface area contributed by atoms with Crippen LogP contribution in [0.25, 0.3) is 10.6 Å². The van der Waals surface area contributed by atoms with Gasteiger partial charge in [-0.1, -0.05) is 36.4 Å². The highest BCUT2D eigenvalue weighted by atomic mass is 32.1. The summed E-state index contributed by atoms with van der Waals surface area (Å²) >= 11 is 1.16. The van der Waals surface area contributed by atoms with Crippen LogP contribution in [0.15, 0.2) is 48.5 Å². The molecule has 1 amide bonds. The first kappa shape index (κ1) is 21.0. The van der Waals surface area contributed by atoms with Crippen LogP contribution in [0.1, 0.15) is 32.1 Å². The minimum Gasteiger partial charge on any atom is -0.380 e. The van der Waals surface area contributed by atoms with E-state index >= 15 is 0 Å². The van der Waals surface area contributed by atoms with Gasteiger partial charge in [0.25, 0.3) is 5.91 Å². The third-order valence-electron chi connectivity index (χ3n) is 4.25. The molecule has 0 aliphatic heterocycles. The summed E-state index contributed by atoms with van der Waals surface area (Å²) in [5.74, 6) is -0.265. The number of methoxy groups -OCH3 is 1. The lowest BCUT2D eigenvalue weighted by molar-refractivity contribution is -0.137. The Morgan fingerprint density at radius 1 is 1.07 bits per heavy atom. The van der Waals surface area contributed by atoms with Crippen molar-refractivity contribution in [2.24, 2.45) is 0 Å². The second kappa shape index (κ2) is 8.75. The quantitative estimate of drug-likeness (QED) is 0.595. The second-order valence-electron chi connectivity index (χ2n) is 6.44. The number of nitrogens with zero attached hydrogens (tertiary/aromatic N) is 1. The van der Waals surface area contributed by atoms with E-state index in [0.29, 0.717) is 34.3 Å². The van der Waals surface area contributed by atoms with Crippen molar-refractivity contribution in [3.8, 4) is 10.6 Å². The van der Waals surface area contributed by atoms with E-state index in [0.717, 1.165) is 34.6 Å². The summed E-state index contributed by atoms with van der Waals surface area (Å²) in [6.07, 6.45) is -4.38. The maximum atomic E-state index is 12.7. The van der Waals surface area contributed by atoms with Crippen molar-refractivity contribution in [3.63, 3.8) is 0 Å². The van der Waals surface area contributed by atoms with Gasteiger partial charge < -0.3 is 10.1 Å². The molecule has 1 N–H and O–H groups in total. The average molecular weight is 420 g/mol. The van der Waals surface area contributed by atoms with E-state index < -0.39 is 11.7 Å². The van der Waals surface area contributed by atoms with Crippen molar-refractivity contribution >= 4 is 17.2 Å². The number of nitrogens with one attached hydrogen (secondary N) is 1. The average Bonchev–Trinajstić information content (AvgIpc) is 3.09. The van der Waals surface area contributed by atoms with Gasteiger partial charge in [0.05, 0.1) is 17.9 Å². The molecule has 4 nitrogen and oxygen atoms in total. The van der Waals surface area contributed by atoms with Gasteiger partial charge in [0, 0.05) is 19.2 Å². The van der Waals surface area contributed by atoms with Crippen molar-refractivity contribution in [1.82, 2.24) is 10.3 Å². The Bertz CT molecular complexity index is 981. The molecule has 0 aliphatic carbocycles. The molecule has 1 aromatic heterocycles. The number of amides is 1. The van der Waals surface area contributed by atoms with E-state index in [1.807, 2.05) is 24.3 Å². The molecule has 3 aromatic rings. The van der Waals surface area contributed by atoms with Crippen molar-refractivity contribution < 1.29 is 22.7 Å². The number of hydrogen-bond acceptors (Lipinski definition) is 4. The molecule has 0 unspecified atom stereocenters. The molecule has 0 bridgehead atoms. The number of benzene rings is 2. The lowest BCUT2D eigenvalue weighted by Crippen LogP contribution is -2.22. The fourth-order valence-electron chi connectivity index (χ4n) is 2.71. The van der Waals surface area contributed by atoms with Gasteiger partial charge in [0.15, 0.2) is 0 Å². The van der Waals surface area contributed by atoms with Crippen molar-refractivity contribution in [2.45, 2.75) is 26.3 Å². The number of ether oxygens (including phenoxy) is 1. The Morgan fingerprint density at radius 3 is 2.28 bits per heavy atom. The topological polar surface area (TPSA) is 51.2 Å². The van der Waals surface area contributed by atoms with Crippen LogP contribution in [0.3, 0.4) is 0 Å². The van der Waals surface area contributed by atoms with Crippen LogP contribution in [0, 0.1) is 6.92 Å². The summed E-state index contributed by atoms with van der Waals surface area (Å²) in [5, 5.41) is 3.36. The number of hydrogen-bond donors (Lipinski definition) is 1. The number of carbonyl (C=O) groups excluding carboxylic acids is 1. The molecule has 152 valence electrons. The third-order valence-corrected chi connectivity index (χ3v) is 5.45. The van der Waals surface area contributed by atoms with Crippen LogP contribution in [-0.2, 0) is 24.1 Å². The molecule has 0 fully saturated rings. The van der Waals surface area contributed by atoms with E-state index in [-0.39, 0.29) is 5.91 Å². The summed E-state index contributed by atoms with van der Waals surface area (Å²) in [6.45, 7) is 2.59. The standard InChI is InChI=1S/C21H19F3N2O2S/c1-13-18(19(27)25-11-14-3-5-15(6-4-14)12-28-2)29-20(26-13)16-7-9-17(10-8-16)21(22,23)24/h3-10H,11-12H2,1-2H3,(H,25,27). The molecule has 0 spiro atoms. The molecule has 0 atom stereocenters. The lowest BCUT2D eigenvalue weighted by Gasteiger charge is -2.06. The normalized spacial score (nSPS) is 11.5. The molecule has 0 saturated carbocycles. The van der Waals surface area contributed by atoms with Crippen molar-refractivity contribution in [1.29, 1.82) is 0 Å². The fourth-order valence-corrected chi connectivity index (χ4v) is 3.70. The monoisotopic (exact) mass is 420 g/mol. The van der Waals surface area contributed by atoms with Crippen LogP contribution >= 0.6 is 11.3 Å². The van der Waals surface area contributed by atoms with Crippen LogP contribution in [0.5, 0.6) is 0 Å². The number of aromatic nitrogens is 1. The zero-order valence-electron chi connectivity index (χ0n) is 15.8. The summed E-state index contributed by atoms with van der Waals surface area (Å²) in [4.78, 5) is 17.3. The highest BCUT2D eigenvalue weighted by molar-refractivity contribution is 7.17. The first-order valence-corrected chi connectivity index (χ1v) is 9.59. The molecule has 8 heteroatoms. The number of thiazole rings is 1. The summed E-state index contributed by atoms with van der Waals surface area (Å²) < 4.78 is 43.2. The first-order chi connectivity index (χ1) is 13.8. The number of aryl methyl sites for hydroxylation is 1. The largest absolute Gasteiger partial charge is 0.416 e. The van der Waals surface area contributed by atoms with Crippen LogP contribution in [0.2, 0.25) is 0 Å². The van der Waals surface area contributed by atoms with Gasteiger partial charge in [-0.15, -0.1) is 11.3 Å². The fraction of sp³-hybridized carbons (Fsp3) is 0.238. The Balaban J connectivity index is 1.68. The molecular weight excluding hydrogens is 401 g/mol. The van der Waals surface area contributed by atoms with Gasteiger partial charge in [0.1, 0.15) is 9.88 Å². The van der Waals surface area contributed by atoms with Crippen molar-refractivity contribution in [2.75, 3.05) is 7.11 Å². The Hall–Kier alpha value is -2.71. The molecular formula is C21H19F3N2O2S. The number of carbonyl (C=O) groups is 1. The van der Waals surface area contributed by atoms with E-state index in [9.17, 15) is 18.0 Å². The van der Waals surface area contributed by atoms with Gasteiger partial charge in [-0.3, -0.25) is 4.79 Å². The second-order valence-corrected chi connectivity index (χ2v) is 7.44. The van der Waals surface area contributed by atoms with Crippen molar-refractivity contribution in [3.05, 3.63) is 75.8 Å². The predicted octanol–water partition coefficient (Wildman–Crippen LogP) is 5.21. The molecule has 0 saturated heterocycles. The molecule has 2 aromatic carbocycles. The van der Waals surface area contributed by atoms with Crippen LogP contribution < -0.4 is 5.32 Å². The molecule has 29 heavy (non-hydrogen) atoms. The molecule has 0 radical (unpaired) electrons. The summed E-state index contributed by atoms with van der Waals surface area (Å²) in [6, 6.07) is 12.5. The van der Waals surface area contributed by atoms with Gasteiger partial charge >= 0.3 is 6.18 Å². The Kier molecular flexibility index (Phi) is 6.34. The van der Waals surface area contributed by atoms with E-state index in [4.69, 9.17) is 4.74 Å². The molecule has 3 rings (SSSR count). The summed E-state index contributed by atoms with van der Waals surface area (Å²) in [7, 11) is 1.63. The highest BCUT2D eigenvalue weighted by Gasteiger charge is 2.30. The molecule has 0 aliphatic rings. The molecule has 1 heterocycles. The maximum Gasteiger partial charge on any atom is 0.416 e. The third kappa shape index (κ3) is 5.21. The number of rotatable bonds is 6. The highest BCUT2D eigenvalue weighted by Crippen LogP contribution is 2.33. The van der Waals surface area contributed by atoms with E-state index in [2.05, 4.69) is 10.3 Å². The van der Waals surface area contributed by atoms with Gasteiger partial charge in [0.2, 0.25) is 0 Å². The number of alkyl halides is 3. The van der Waals surface area contributed by atoms with Gasteiger partial charge in [-0.05, 0) is 30.2 Å². The minimum absolute atomic E-state index is 0.265.